The van der Waals surface area contributed by atoms with E-state index in [1.807, 2.05) is 0 Å². The number of carboxylic acids is 1. The van der Waals surface area contributed by atoms with Crippen molar-refractivity contribution in [3.05, 3.63) is 0 Å². The number of carbonyl (C=O) groups is 1. The molecule has 0 aromatic rings. The third-order valence-corrected chi connectivity index (χ3v) is 3.71. The molecule has 4 heteroatoms. The lowest BCUT2D eigenvalue weighted by atomic mass is 9.79. The Kier molecular flexibility index (Phi) is 4.95. The van der Waals surface area contributed by atoms with E-state index in [0.717, 1.165) is 25.9 Å². The van der Waals surface area contributed by atoms with Gasteiger partial charge in [0.2, 0.25) is 0 Å². The van der Waals surface area contributed by atoms with Crippen LogP contribution in [0.2, 0.25) is 0 Å². The molecule has 0 radical (unpaired) electrons. The molecular formula is C13H26N2O2. The van der Waals surface area contributed by atoms with E-state index in [0.29, 0.717) is 24.8 Å². The lowest BCUT2D eigenvalue weighted by Crippen LogP contribution is -2.56. The molecule has 4 nitrogen and oxygen atoms in total. The fourth-order valence-corrected chi connectivity index (χ4v) is 2.79. The number of nitrogens with two attached hydrogens (primary N) is 1. The second-order valence-electron chi connectivity index (χ2n) is 5.69. The van der Waals surface area contributed by atoms with Crippen LogP contribution in [0.5, 0.6) is 0 Å². The van der Waals surface area contributed by atoms with E-state index in [2.05, 4.69) is 25.7 Å². The first-order valence-electron chi connectivity index (χ1n) is 6.65. The monoisotopic (exact) mass is 242 g/mol. The van der Waals surface area contributed by atoms with Crippen molar-refractivity contribution in [3.63, 3.8) is 0 Å². The van der Waals surface area contributed by atoms with Crippen LogP contribution in [-0.4, -0.2) is 40.6 Å². The number of hydrogen-bond acceptors (Lipinski definition) is 3. The number of aliphatic carboxylic acids is 1. The van der Waals surface area contributed by atoms with Crippen LogP contribution < -0.4 is 5.73 Å². The number of carboxylic acid groups (broad SMARTS) is 1. The van der Waals surface area contributed by atoms with Crippen molar-refractivity contribution in [2.24, 2.45) is 11.7 Å². The van der Waals surface area contributed by atoms with Crippen LogP contribution >= 0.6 is 0 Å². The molecule has 3 N–H and O–H groups in total. The van der Waals surface area contributed by atoms with E-state index in [1.54, 1.807) is 0 Å². The highest BCUT2D eigenvalue weighted by Crippen LogP contribution is 2.30. The smallest absolute Gasteiger partial charge is 0.323 e. The summed E-state index contributed by atoms with van der Waals surface area (Å²) < 4.78 is 0. The average molecular weight is 242 g/mol. The molecule has 100 valence electrons. The van der Waals surface area contributed by atoms with Crippen molar-refractivity contribution in [1.82, 2.24) is 4.90 Å². The summed E-state index contributed by atoms with van der Waals surface area (Å²) in [5, 5.41) is 9.21. The van der Waals surface area contributed by atoms with Gasteiger partial charge in [-0.15, -0.1) is 0 Å². The third-order valence-electron chi connectivity index (χ3n) is 3.71. The summed E-state index contributed by atoms with van der Waals surface area (Å²) >= 11 is 0. The molecule has 1 rings (SSSR count). The van der Waals surface area contributed by atoms with Crippen molar-refractivity contribution in [3.8, 4) is 0 Å². The van der Waals surface area contributed by atoms with Crippen molar-refractivity contribution in [2.45, 2.75) is 58.0 Å². The highest BCUT2D eigenvalue weighted by molar-refractivity contribution is 5.78. The molecule has 1 aliphatic carbocycles. The second-order valence-corrected chi connectivity index (χ2v) is 5.69. The topological polar surface area (TPSA) is 66.6 Å². The highest BCUT2D eigenvalue weighted by Gasteiger charge is 2.40. The van der Waals surface area contributed by atoms with Gasteiger partial charge in [0.1, 0.15) is 5.54 Å². The molecule has 0 amide bonds. The number of rotatable bonds is 5. The molecular weight excluding hydrogens is 216 g/mol. The summed E-state index contributed by atoms with van der Waals surface area (Å²) in [4.78, 5) is 13.6. The zero-order valence-corrected chi connectivity index (χ0v) is 11.3. The van der Waals surface area contributed by atoms with Gasteiger partial charge in [-0.3, -0.25) is 4.79 Å². The molecule has 1 saturated carbocycles. The Bertz CT molecular complexity index is 268. The van der Waals surface area contributed by atoms with E-state index in [4.69, 9.17) is 5.73 Å². The van der Waals surface area contributed by atoms with Crippen molar-refractivity contribution < 1.29 is 9.90 Å². The van der Waals surface area contributed by atoms with Crippen LogP contribution in [0.15, 0.2) is 0 Å². The minimum atomic E-state index is -1.01. The minimum Gasteiger partial charge on any atom is -0.480 e. The van der Waals surface area contributed by atoms with E-state index in [9.17, 15) is 9.90 Å². The zero-order chi connectivity index (χ0) is 13.1. The molecule has 17 heavy (non-hydrogen) atoms. The fourth-order valence-electron chi connectivity index (χ4n) is 2.79. The minimum absolute atomic E-state index is 0.331. The molecule has 0 heterocycles. The molecule has 0 saturated heterocycles. The van der Waals surface area contributed by atoms with Gasteiger partial charge in [-0.2, -0.15) is 0 Å². The summed E-state index contributed by atoms with van der Waals surface area (Å²) in [5.74, 6) is -0.239. The van der Waals surface area contributed by atoms with Crippen LogP contribution in [0, 0.1) is 5.92 Å². The first kappa shape index (κ1) is 14.5. The molecule has 0 aromatic heterocycles. The Hall–Kier alpha value is -0.610. The van der Waals surface area contributed by atoms with E-state index >= 15 is 0 Å². The van der Waals surface area contributed by atoms with Gasteiger partial charge in [-0.1, -0.05) is 20.8 Å². The van der Waals surface area contributed by atoms with E-state index in [-0.39, 0.29) is 0 Å². The van der Waals surface area contributed by atoms with Crippen molar-refractivity contribution >= 4 is 5.97 Å². The van der Waals surface area contributed by atoms with Gasteiger partial charge in [0.05, 0.1) is 0 Å². The van der Waals surface area contributed by atoms with Gasteiger partial charge in [-0.25, -0.2) is 0 Å². The molecule has 0 aliphatic heterocycles. The Balaban J connectivity index is 2.67. The van der Waals surface area contributed by atoms with Gasteiger partial charge in [0, 0.05) is 12.6 Å². The van der Waals surface area contributed by atoms with Gasteiger partial charge >= 0.3 is 5.97 Å². The first-order valence-corrected chi connectivity index (χ1v) is 6.65. The van der Waals surface area contributed by atoms with Gasteiger partial charge in [-0.05, 0) is 38.1 Å². The molecule has 0 spiro atoms. The summed E-state index contributed by atoms with van der Waals surface area (Å²) in [6.45, 7) is 8.52. The maximum Gasteiger partial charge on any atom is 0.323 e. The summed E-state index contributed by atoms with van der Waals surface area (Å²) in [5.41, 5.74) is 4.98. The standard InChI is InChI=1S/C13H26N2O2/c1-4-15(9-10(2)3)11-6-5-7-13(14,8-11)12(16)17/h10-11H,4-9,14H2,1-3H3,(H,16,17). The quantitative estimate of drug-likeness (QED) is 0.770. The Morgan fingerprint density at radius 3 is 2.71 bits per heavy atom. The normalized spacial score (nSPS) is 29.9. The van der Waals surface area contributed by atoms with Crippen LogP contribution in [0.25, 0.3) is 0 Å². The lowest BCUT2D eigenvalue weighted by molar-refractivity contribution is -0.145. The van der Waals surface area contributed by atoms with Crippen LogP contribution in [0.3, 0.4) is 0 Å². The molecule has 2 unspecified atom stereocenters. The molecule has 0 aromatic carbocycles. The maximum atomic E-state index is 11.2. The van der Waals surface area contributed by atoms with Crippen LogP contribution in [-0.2, 0) is 4.79 Å². The Morgan fingerprint density at radius 2 is 2.24 bits per heavy atom. The number of nitrogens with zero attached hydrogens (tertiary/aromatic N) is 1. The van der Waals surface area contributed by atoms with E-state index < -0.39 is 11.5 Å². The second kappa shape index (κ2) is 5.83. The fraction of sp³-hybridized carbons (Fsp3) is 0.923. The number of hydrogen-bond donors (Lipinski definition) is 2. The molecule has 1 aliphatic rings. The average Bonchev–Trinajstić information content (AvgIpc) is 2.25. The summed E-state index contributed by atoms with van der Waals surface area (Å²) in [6, 6.07) is 0.331. The van der Waals surface area contributed by atoms with Crippen LogP contribution in [0.4, 0.5) is 0 Å². The largest absolute Gasteiger partial charge is 0.480 e. The maximum absolute atomic E-state index is 11.2. The van der Waals surface area contributed by atoms with Crippen molar-refractivity contribution in [1.29, 1.82) is 0 Å². The zero-order valence-electron chi connectivity index (χ0n) is 11.3. The summed E-state index contributed by atoms with van der Waals surface area (Å²) in [6.07, 6.45) is 3.19. The van der Waals surface area contributed by atoms with Crippen LogP contribution in [0.1, 0.15) is 46.5 Å². The van der Waals surface area contributed by atoms with Gasteiger partial charge in [0.15, 0.2) is 0 Å². The summed E-state index contributed by atoms with van der Waals surface area (Å²) in [7, 11) is 0. The predicted molar refractivity (Wildman–Crippen MR) is 68.9 cm³/mol. The predicted octanol–water partition coefficient (Wildman–Crippen LogP) is 1.69. The van der Waals surface area contributed by atoms with Crippen molar-refractivity contribution in [2.75, 3.05) is 13.1 Å². The Labute approximate surface area is 104 Å². The SMILES string of the molecule is CCN(CC(C)C)C1CCCC(N)(C(=O)O)C1. The van der Waals surface area contributed by atoms with E-state index in [1.165, 1.54) is 0 Å². The third kappa shape index (κ3) is 3.68. The highest BCUT2D eigenvalue weighted by atomic mass is 16.4. The molecule has 0 bridgehead atoms. The first-order chi connectivity index (χ1) is 7.89. The van der Waals surface area contributed by atoms with Gasteiger partial charge < -0.3 is 15.7 Å². The lowest BCUT2D eigenvalue weighted by Gasteiger charge is -2.40. The molecule has 1 fully saturated rings. The molecule has 2 atom stereocenters. The van der Waals surface area contributed by atoms with Gasteiger partial charge in [0.25, 0.3) is 0 Å². The Morgan fingerprint density at radius 1 is 1.59 bits per heavy atom.